The van der Waals surface area contributed by atoms with Gasteiger partial charge in [0.15, 0.2) is 11.5 Å². The van der Waals surface area contributed by atoms with Crippen molar-refractivity contribution in [3.05, 3.63) is 35.4 Å². The van der Waals surface area contributed by atoms with E-state index < -0.39 is 0 Å². The van der Waals surface area contributed by atoms with Crippen LogP contribution in [0.1, 0.15) is 37.7 Å². The summed E-state index contributed by atoms with van der Waals surface area (Å²) in [5.74, 6) is 1.82. The fourth-order valence-electron chi connectivity index (χ4n) is 2.83. The molecule has 1 aromatic rings. The van der Waals surface area contributed by atoms with Crippen molar-refractivity contribution in [1.82, 2.24) is 5.32 Å². The molecule has 0 saturated heterocycles. The van der Waals surface area contributed by atoms with Crippen LogP contribution in [0.5, 0.6) is 11.5 Å². The van der Waals surface area contributed by atoms with Crippen molar-refractivity contribution in [1.29, 1.82) is 0 Å². The zero-order valence-corrected chi connectivity index (χ0v) is 12.0. The van der Waals surface area contributed by atoms with Gasteiger partial charge in [0.2, 0.25) is 0 Å². The fraction of sp³-hybridized carbons (Fsp3) is 0.529. The molecule has 0 radical (unpaired) electrons. The lowest BCUT2D eigenvalue weighted by atomic mass is 10.1. The maximum atomic E-state index is 5.83. The summed E-state index contributed by atoms with van der Waals surface area (Å²) in [6.45, 7) is 3.38. The van der Waals surface area contributed by atoms with Crippen molar-refractivity contribution in [2.75, 3.05) is 19.8 Å². The molecule has 3 rings (SSSR count). The summed E-state index contributed by atoms with van der Waals surface area (Å²) in [5.41, 5.74) is 2.81. The van der Waals surface area contributed by atoms with Gasteiger partial charge in [0.25, 0.3) is 0 Å². The molecule has 2 aliphatic rings. The minimum Gasteiger partial charge on any atom is -0.490 e. The van der Waals surface area contributed by atoms with E-state index in [9.17, 15) is 0 Å². The number of nitrogens with one attached hydrogen (secondary N) is 1. The van der Waals surface area contributed by atoms with E-state index in [1.54, 1.807) is 5.57 Å². The van der Waals surface area contributed by atoms with E-state index in [1.807, 2.05) is 12.1 Å². The highest BCUT2D eigenvalue weighted by Crippen LogP contribution is 2.33. The fourth-order valence-corrected chi connectivity index (χ4v) is 2.83. The maximum Gasteiger partial charge on any atom is 0.165 e. The van der Waals surface area contributed by atoms with Crippen molar-refractivity contribution in [3.63, 3.8) is 0 Å². The summed E-state index contributed by atoms with van der Waals surface area (Å²) >= 11 is 0. The zero-order valence-electron chi connectivity index (χ0n) is 12.0. The molecule has 1 N–H and O–H groups in total. The van der Waals surface area contributed by atoms with E-state index in [0.29, 0.717) is 0 Å². The van der Waals surface area contributed by atoms with Crippen molar-refractivity contribution in [2.45, 2.75) is 38.6 Å². The van der Waals surface area contributed by atoms with Gasteiger partial charge < -0.3 is 14.8 Å². The molecule has 1 heterocycles. The normalized spacial score (nSPS) is 17.7. The first kappa shape index (κ1) is 13.5. The van der Waals surface area contributed by atoms with Crippen molar-refractivity contribution >= 4 is 0 Å². The highest BCUT2D eigenvalue weighted by molar-refractivity contribution is 5.47. The van der Waals surface area contributed by atoms with Gasteiger partial charge in [0, 0.05) is 18.5 Å². The largest absolute Gasteiger partial charge is 0.490 e. The van der Waals surface area contributed by atoms with Crippen LogP contribution >= 0.6 is 0 Å². The Hall–Kier alpha value is -1.48. The zero-order chi connectivity index (χ0) is 13.6. The number of fused-ring (bicyclic) bond motifs is 1. The smallest absolute Gasteiger partial charge is 0.165 e. The van der Waals surface area contributed by atoms with E-state index in [0.717, 1.165) is 44.2 Å². The van der Waals surface area contributed by atoms with Crippen LogP contribution in [-0.4, -0.2) is 19.8 Å². The van der Waals surface area contributed by atoms with Gasteiger partial charge in [-0.05, 0) is 38.3 Å². The van der Waals surface area contributed by atoms with Gasteiger partial charge >= 0.3 is 0 Å². The topological polar surface area (TPSA) is 30.5 Å². The molecule has 108 valence electrons. The van der Waals surface area contributed by atoms with E-state index in [1.165, 1.54) is 31.2 Å². The van der Waals surface area contributed by atoms with Crippen LogP contribution in [0.4, 0.5) is 0 Å². The van der Waals surface area contributed by atoms with Crippen molar-refractivity contribution < 1.29 is 9.47 Å². The molecule has 1 aliphatic carbocycles. The van der Waals surface area contributed by atoms with Gasteiger partial charge in [-0.15, -0.1) is 0 Å². The van der Waals surface area contributed by atoms with Crippen LogP contribution in [0.15, 0.2) is 29.8 Å². The Labute approximate surface area is 121 Å². The van der Waals surface area contributed by atoms with Gasteiger partial charge in [0.05, 0.1) is 13.2 Å². The molecule has 1 aromatic carbocycles. The number of benzene rings is 1. The first-order valence-corrected chi connectivity index (χ1v) is 7.69. The van der Waals surface area contributed by atoms with Crippen LogP contribution in [0, 0.1) is 0 Å². The molecule has 3 heteroatoms. The number of ether oxygens (including phenoxy) is 2. The number of rotatable bonds is 5. The molecule has 0 saturated carbocycles. The second-order valence-electron chi connectivity index (χ2n) is 5.48. The van der Waals surface area contributed by atoms with Crippen LogP contribution in [-0.2, 0) is 6.54 Å². The average Bonchev–Trinajstić information content (AvgIpc) is 2.87. The molecular formula is C17H23NO2. The standard InChI is InChI=1S/C17H23NO2/c1-2-6-14(5-1)9-10-18-13-15-7-3-8-16-17(15)20-12-4-11-19-16/h3,5,7-8,18H,1-2,4,6,9-13H2. The lowest BCUT2D eigenvalue weighted by molar-refractivity contribution is 0.296. The molecule has 0 spiro atoms. The molecule has 1 aliphatic heterocycles. The summed E-state index contributed by atoms with van der Waals surface area (Å²) in [6.07, 6.45) is 8.42. The van der Waals surface area contributed by atoms with Gasteiger partial charge in [-0.25, -0.2) is 0 Å². The number of allylic oxidation sites excluding steroid dienone is 1. The molecule has 0 amide bonds. The highest BCUT2D eigenvalue weighted by Gasteiger charge is 2.14. The number of para-hydroxylation sites is 1. The van der Waals surface area contributed by atoms with Crippen LogP contribution < -0.4 is 14.8 Å². The summed E-state index contributed by atoms with van der Waals surface area (Å²) in [4.78, 5) is 0. The summed E-state index contributed by atoms with van der Waals surface area (Å²) in [7, 11) is 0. The van der Waals surface area contributed by atoms with Gasteiger partial charge in [0.1, 0.15) is 0 Å². The van der Waals surface area contributed by atoms with Gasteiger partial charge in [-0.1, -0.05) is 23.8 Å². The predicted molar refractivity (Wildman–Crippen MR) is 80.3 cm³/mol. The van der Waals surface area contributed by atoms with E-state index in [2.05, 4.69) is 17.5 Å². The highest BCUT2D eigenvalue weighted by atomic mass is 16.5. The third-order valence-corrected chi connectivity index (χ3v) is 3.93. The summed E-state index contributed by atoms with van der Waals surface area (Å²) < 4.78 is 11.5. The third-order valence-electron chi connectivity index (χ3n) is 3.93. The van der Waals surface area contributed by atoms with Crippen molar-refractivity contribution in [3.8, 4) is 11.5 Å². The van der Waals surface area contributed by atoms with Crippen LogP contribution in [0.2, 0.25) is 0 Å². The van der Waals surface area contributed by atoms with Crippen molar-refractivity contribution in [2.24, 2.45) is 0 Å². The Balaban J connectivity index is 1.54. The number of hydrogen-bond acceptors (Lipinski definition) is 3. The van der Waals surface area contributed by atoms with E-state index in [-0.39, 0.29) is 0 Å². The molecule has 20 heavy (non-hydrogen) atoms. The predicted octanol–water partition coefficient (Wildman–Crippen LogP) is 3.44. The maximum absolute atomic E-state index is 5.83. The monoisotopic (exact) mass is 273 g/mol. The third kappa shape index (κ3) is 3.34. The Bertz CT molecular complexity index is 482. The Kier molecular flexibility index (Phi) is 4.59. The molecule has 0 atom stereocenters. The lowest BCUT2D eigenvalue weighted by Crippen LogP contribution is -2.16. The molecule has 0 fully saturated rings. The minimum atomic E-state index is 0.747. The second kappa shape index (κ2) is 6.80. The van der Waals surface area contributed by atoms with Crippen LogP contribution in [0.3, 0.4) is 0 Å². The molecule has 3 nitrogen and oxygen atoms in total. The Morgan fingerprint density at radius 2 is 2.05 bits per heavy atom. The second-order valence-corrected chi connectivity index (χ2v) is 5.48. The van der Waals surface area contributed by atoms with Gasteiger partial charge in [-0.2, -0.15) is 0 Å². The molecular weight excluding hydrogens is 250 g/mol. The average molecular weight is 273 g/mol. The van der Waals surface area contributed by atoms with E-state index in [4.69, 9.17) is 9.47 Å². The van der Waals surface area contributed by atoms with Crippen LogP contribution in [0.25, 0.3) is 0 Å². The minimum absolute atomic E-state index is 0.747. The van der Waals surface area contributed by atoms with E-state index >= 15 is 0 Å². The van der Waals surface area contributed by atoms with Gasteiger partial charge in [-0.3, -0.25) is 0 Å². The summed E-state index contributed by atoms with van der Waals surface area (Å²) in [6, 6.07) is 6.16. The Morgan fingerprint density at radius 3 is 2.95 bits per heavy atom. The molecule has 0 bridgehead atoms. The Morgan fingerprint density at radius 1 is 1.10 bits per heavy atom. The molecule has 0 aromatic heterocycles. The lowest BCUT2D eigenvalue weighted by Gasteiger charge is -2.13. The summed E-state index contributed by atoms with van der Waals surface area (Å²) in [5, 5.41) is 3.52. The SMILES string of the molecule is C1=C(CCNCc2cccc3c2OCCCO3)CCC1. The first-order valence-electron chi connectivity index (χ1n) is 7.69. The quantitative estimate of drug-likeness (QED) is 0.658. The molecule has 0 unspecified atom stereocenters. The first-order chi connectivity index (χ1) is 9.93. The number of hydrogen-bond donors (Lipinski definition) is 1.